The fourth-order valence-corrected chi connectivity index (χ4v) is 4.05. The normalized spacial score (nSPS) is 13.5. The first-order valence-corrected chi connectivity index (χ1v) is 13.3. The van der Waals surface area contributed by atoms with Crippen molar-refractivity contribution in [2.45, 2.75) is 57.6 Å². The number of hydrogen-bond acceptors (Lipinski definition) is 7. The Balaban J connectivity index is 1.47. The first-order valence-electron chi connectivity index (χ1n) is 13.3. The predicted molar refractivity (Wildman–Crippen MR) is 148 cm³/mol. The molecule has 1 aliphatic rings. The molecule has 1 aromatic carbocycles. The Labute approximate surface area is 228 Å². The van der Waals surface area contributed by atoms with E-state index in [2.05, 4.69) is 17.0 Å². The van der Waals surface area contributed by atoms with Crippen LogP contribution >= 0.6 is 0 Å². The number of nitrogens with one attached hydrogen (secondary N) is 1. The van der Waals surface area contributed by atoms with E-state index >= 15 is 0 Å². The summed E-state index contributed by atoms with van der Waals surface area (Å²) >= 11 is 0. The van der Waals surface area contributed by atoms with Gasteiger partial charge in [0.15, 0.2) is 11.9 Å². The molecule has 1 atom stereocenters. The first kappa shape index (κ1) is 27.9. The van der Waals surface area contributed by atoms with Crippen LogP contribution in [0.5, 0.6) is 11.5 Å². The Kier molecular flexibility index (Phi) is 9.40. The molecule has 1 N–H and O–H groups in total. The standard InChI is InChI=1S/C29H37N5O5/c1-5-6-7-8-15-33(3)29(36)39-25(28(35)30-21-9-10-21)14-17-38-26-19-27(34-16-13-20(2)32-34)31-24-18-22(37-4)11-12-23(24)26/h5,11-13,16,18-19,21,25H,1,6-10,14-15,17H2,2-4H3,(H,30,35)/t25-/m0/s1. The molecule has 2 heterocycles. The zero-order valence-electron chi connectivity index (χ0n) is 22.9. The number of hydrogen-bond donors (Lipinski definition) is 1. The molecule has 39 heavy (non-hydrogen) atoms. The van der Waals surface area contributed by atoms with E-state index in [0.29, 0.717) is 29.4 Å². The second kappa shape index (κ2) is 13.1. The number of amides is 2. The number of aryl methyl sites for hydroxylation is 1. The summed E-state index contributed by atoms with van der Waals surface area (Å²) in [6.45, 7) is 6.33. The number of aromatic nitrogens is 3. The van der Waals surface area contributed by atoms with Crippen molar-refractivity contribution in [3.63, 3.8) is 0 Å². The van der Waals surface area contributed by atoms with Gasteiger partial charge in [0.1, 0.15) is 11.5 Å². The van der Waals surface area contributed by atoms with Crippen molar-refractivity contribution in [2.24, 2.45) is 0 Å². The number of unbranched alkanes of at least 4 members (excludes halogenated alkanes) is 2. The highest BCUT2D eigenvalue weighted by atomic mass is 16.6. The number of ether oxygens (including phenoxy) is 3. The molecule has 0 bridgehead atoms. The lowest BCUT2D eigenvalue weighted by molar-refractivity contribution is -0.130. The number of methoxy groups -OCH3 is 1. The molecule has 0 aliphatic heterocycles. The lowest BCUT2D eigenvalue weighted by atomic mass is 10.2. The summed E-state index contributed by atoms with van der Waals surface area (Å²) in [6.07, 6.45) is 6.94. The molecule has 0 spiro atoms. The third kappa shape index (κ3) is 7.72. The third-order valence-electron chi connectivity index (χ3n) is 6.48. The molecule has 0 unspecified atom stereocenters. The van der Waals surface area contributed by atoms with Crippen LogP contribution in [0, 0.1) is 6.92 Å². The topological polar surface area (TPSA) is 108 Å². The molecule has 1 saturated carbocycles. The second-order valence-electron chi connectivity index (χ2n) is 9.76. The molecule has 208 valence electrons. The summed E-state index contributed by atoms with van der Waals surface area (Å²) in [4.78, 5) is 31.9. The van der Waals surface area contributed by atoms with Gasteiger partial charge >= 0.3 is 6.09 Å². The molecule has 3 aromatic rings. The number of carbonyl (C=O) groups excluding carboxylic acids is 2. The minimum atomic E-state index is -0.963. The van der Waals surface area contributed by atoms with Crippen LogP contribution in [0.15, 0.2) is 49.2 Å². The van der Waals surface area contributed by atoms with Crippen LogP contribution < -0.4 is 14.8 Å². The summed E-state index contributed by atoms with van der Waals surface area (Å²) in [7, 11) is 3.28. The molecule has 1 fully saturated rings. The maximum absolute atomic E-state index is 12.9. The molecule has 2 aromatic heterocycles. The van der Waals surface area contributed by atoms with E-state index in [0.717, 1.165) is 43.2 Å². The summed E-state index contributed by atoms with van der Waals surface area (Å²) < 4.78 is 18.9. The van der Waals surface area contributed by atoms with Crippen molar-refractivity contribution in [3.8, 4) is 17.3 Å². The molecular weight excluding hydrogens is 498 g/mol. The molecule has 0 saturated heterocycles. The van der Waals surface area contributed by atoms with E-state index < -0.39 is 12.2 Å². The smallest absolute Gasteiger partial charge is 0.410 e. The van der Waals surface area contributed by atoms with Gasteiger partial charge < -0.3 is 24.4 Å². The quantitative estimate of drug-likeness (QED) is 0.238. The number of rotatable bonds is 14. The summed E-state index contributed by atoms with van der Waals surface area (Å²) in [5.41, 5.74) is 1.55. The van der Waals surface area contributed by atoms with Gasteiger partial charge in [-0.1, -0.05) is 6.08 Å². The molecular formula is C29H37N5O5. The second-order valence-corrected chi connectivity index (χ2v) is 9.76. The SMILES string of the molecule is C=CCCCCN(C)C(=O)O[C@@H](CCOc1cc(-n2ccc(C)n2)nc2cc(OC)ccc12)C(=O)NC1CC1. The molecule has 2 amide bonds. The van der Waals surface area contributed by atoms with Crippen molar-refractivity contribution in [3.05, 3.63) is 54.9 Å². The van der Waals surface area contributed by atoms with E-state index in [1.807, 2.05) is 49.5 Å². The number of allylic oxidation sites excluding steroid dienone is 1. The van der Waals surface area contributed by atoms with Crippen LogP contribution in [0.4, 0.5) is 4.79 Å². The number of nitrogens with zero attached hydrogens (tertiary/aromatic N) is 4. The lowest BCUT2D eigenvalue weighted by Gasteiger charge is -2.22. The number of carbonyl (C=O) groups is 2. The van der Waals surface area contributed by atoms with E-state index in [1.165, 1.54) is 4.90 Å². The van der Waals surface area contributed by atoms with Crippen LogP contribution in [-0.4, -0.2) is 71.1 Å². The minimum Gasteiger partial charge on any atom is -0.497 e. The maximum atomic E-state index is 12.9. The van der Waals surface area contributed by atoms with Gasteiger partial charge in [0.2, 0.25) is 0 Å². The largest absolute Gasteiger partial charge is 0.497 e. The maximum Gasteiger partial charge on any atom is 0.410 e. The van der Waals surface area contributed by atoms with Crippen molar-refractivity contribution in [1.29, 1.82) is 0 Å². The third-order valence-corrected chi connectivity index (χ3v) is 6.48. The molecule has 0 radical (unpaired) electrons. The molecule has 10 heteroatoms. The summed E-state index contributed by atoms with van der Waals surface area (Å²) in [5.74, 6) is 1.54. The van der Waals surface area contributed by atoms with Crippen molar-refractivity contribution < 1.29 is 23.8 Å². The average Bonchev–Trinajstić information content (AvgIpc) is 3.65. The van der Waals surface area contributed by atoms with Gasteiger partial charge in [0.25, 0.3) is 5.91 Å². The highest BCUT2D eigenvalue weighted by Crippen LogP contribution is 2.30. The van der Waals surface area contributed by atoms with Crippen LogP contribution in [-0.2, 0) is 9.53 Å². The Hall–Kier alpha value is -4.08. The fourth-order valence-electron chi connectivity index (χ4n) is 4.05. The van der Waals surface area contributed by atoms with Gasteiger partial charge in [0, 0.05) is 49.8 Å². The highest BCUT2D eigenvalue weighted by Gasteiger charge is 2.30. The zero-order chi connectivity index (χ0) is 27.8. The van der Waals surface area contributed by atoms with Gasteiger partial charge in [-0.3, -0.25) is 4.79 Å². The fraction of sp³-hybridized carbons (Fsp3) is 0.448. The Morgan fingerprint density at radius 2 is 2.08 bits per heavy atom. The lowest BCUT2D eigenvalue weighted by Crippen LogP contribution is -2.42. The first-order chi connectivity index (χ1) is 18.9. The summed E-state index contributed by atoms with van der Waals surface area (Å²) in [6, 6.07) is 9.41. The zero-order valence-corrected chi connectivity index (χ0v) is 22.9. The van der Waals surface area contributed by atoms with Gasteiger partial charge in [-0.05, 0) is 57.2 Å². The van der Waals surface area contributed by atoms with E-state index in [9.17, 15) is 9.59 Å². The van der Waals surface area contributed by atoms with E-state index in [4.69, 9.17) is 19.2 Å². The van der Waals surface area contributed by atoms with Crippen LogP contribution in [0.3, 0.4) is 0 Å². The molecule has 10 nitrogen and oxygen atoms in total. The Morgan fingerprint density at radius 3 is 2.77 bits per heavy atom. The van der Waals surface area contributed by atoms with Crippen LogP contribution in [0.25, 0.3) is 16.7 Å². The number of benzene rings is 1. The van der Waals surface area contributed by atoms with Crippen molar-refractivity contribution in [1.82, 2.24) is 25.0 Å². The van der Waals surface area contributed by atoms with Gasteiger partial charge in [-0.15, -0.1) is 6.58 Å². The van der Waals surface area contributed by atoms with Crippen molar-refractivity contribution >= 4 is 22.9 Å². The number of fused-ring (bicyclic) bond motifs is 1. The summed E-state index contributed by atoms with van der Waals surface area (Å²) in [5, 5.41) is 8.20. The monoisotopic (exact) mass is 535 g/mol. The Bertz CT molecular complexity index is 1300. The van der Waals surface area contributed by atoms with Crippen LogP contribution in [0.1, 0.15) is 44.2 Å². The van der Waals surface area contributed by atoms with E-state index in [1.54, 1.807) is 18.8 Å². The average molecular weight is 536 g/mol. The molecule has 4 rings (SSSR count). The minimum absolute atomic E-state index is 0.149. The van der Waals surface area contributed by atoms with E-state index in [-0.39, 0.29) is 25.0 Å². The van der Waals surface area contributed by atoms with Gasteiger partial charge in [-0.25, -0.2) is 14.5 Å². The highest BCUT2D eigenvalue weighted by molar-refractivity contribution is 5.87. The Morgan fingerprint density at radius 1 is 1.26 bits per heavy atom. The van der Waals surface area contributed by atoms with Gasteiger partial charge in [-0.2, -0.15) is 5.10 Å². The van der Waals surface area contributed by atoms with Crippen LogP contribution in [0.2, 0.25) is 0 Å². The predicted octanol–water partition coefficient (Wildman–Crippen LogP) is 4.58. The van der Waals surface area contributed by atoms with Gasteiger partial charge in [0.05, 0.1) is 24.9 Å². The van der Waals surface area contributed by atoms with Crippen molar-refractivity contribution in [2.75, 3.05) is 27.3 Å². The number of pyridine rings is 1. The molecule has 1 aliphatic carbocycles.